The van der Waals surface area contributed by atoms with Crippen LogP contribution < -0.4 is 15.8 Å². The van der Waals surface area contributed by atoms with Gasteiger partial charge in [0.25, 0.3) is 17.9 Å². The predicted octanol–water partition coefficient (Wildman–Crippen LogP) is 3.82. The van der Waals surface area contributed by atoms with Crippen molar-refractivity contribution in [2.75, 3.05) is 14.2 Å². The first-order valence-electron chi connectivity index (χ1n) is 11.0. The van der Waals surface area contributed by atoms with Crippen LogP contribution in [0.2, 0.25) is 0 Å². The fourth-order valence-electron chi connectivity index (χ4n) is 5.28. The number of ether oxygens (including phenoxy) is 2. The highest BCUT2D eigenvalue weighted by Crippen LogP contribution is 2.53. The fourth-order valence-corrected chi connectivity index (χ4v) is 5.28. The van der Waals surface area contributed by atoms with Crippen LogP contribution in [-0.2, 0) is 9.53 Å². The van der Waals surface area contributed by atoms with Gasteiger partial charge in [-0.3, -0.25) is 14.4 Å². The van der Waals surface area contributed by atoms with Crippen LogP contribution in [0.15, 0.2) is 42.0 Å². The molecule has 2 aromatic rings. The summed E-state index contributed by atoms with van der Waals surface area (Å²) in [5.41, 5.74) is 4.35. The SMILES string of the molecule is COC(=O)[C@H]1[C@@H]2CC(=C(F)F)[C@@H](C2)[C@H]1NC(=O)c1cc(-c2ccc(F)c(C(N)=O)c2)c(F)cc1OC. The standard InChI is InChI=1S/C25H22F4N2O5/c1-35-19-9-18(27)12(10-3-4-17(26)15(5-10)23(30)32)8-16(19)24(33)31-21-13-6-11(7-14(13)22(28)29)20(21)25(34)36-2/h3-5,8-9,11,13,20-21H,6-7H2,1-2H3,(H2,30,32)(H,31,33)/t11-,13+,20-,21+/m0/s1. The molecule has 0 aromatic heterocycles. The average Bonchev–Trinajstić information content (AvgIpc) is 3.42. The minimum atomic E-state index is -1.84. The van der Waals surface area contributed by atoms with Gasteiger partial charge < -0.3 is 20.5 Å². The number of carbonyl (C=O) groups excluding carboxylic acids is 3. The number of carbonyl (C=O) groups is 3. The van der Waals surface area contributed by atoms with Gasteiger partial charge in [0.2, 0.25) is 0 Å². The van der Waals surface area contributed by atoms with E-state index in [0.717, 1.165) is 24.3 Å². The Balaban J connectivity index is 1.73. The smallest absolute Gasteiger partial charge is 0.311 e. The maximum atomic E-state index is 14.9. The van der Waals surface area contributed by atoms with Crippen LogP contribution in [0.1, 0.15) is 33.6 Å². The Labute approximate surface area is 203 Å². The molecule has 3 N–H and O–H groups in total. The molecule has 2 fully saturated rings. The second-order valence-electron chi connectivity index (χ2n) is 8.73. The highest BCUT2D eigenvalue weighted by molar-refractivity contribution is 5.99. The van der Waals surface area contributed by atoms with Gasteiger partial charge in [0.05, 0.1) is 31.3 Å². The lowest BCUT2D eigenvalue weighted by Gasteiger charge is -2.31. The van der Waals surface area contributed by atoms with E-state index in [9.17, 15) is 31.9 Å². The molecule has 0 saturated heterocycles. The number of hydrogen-bond acceptors (Lipinski definition) is 5. The van der Waals surface area contributed by atoms with Crippen LogP contribution in [0.3, 0.4) is 0 Å². The lowest BCUT2D eigenvalue weighted by atomic mass is 9.81. The summed E-state index contributed by atoms with van der Waals surface area (Å²) in [6.07, 6.45) is -1.52. The molecule has 2 aromatic carbocycles. The van der Waals surface area contributed by atoms with Crippen molar-refractivity contribution in [1.29, 1.82) is 0 Å². The van der Waals surface area contributed by atoms with Crippen LogP contribution in [0.25, 0.3) is 11.1 Å². The van der Waals surface area contributed by atoms with Crippen LogP contribution in [0.4, 0.5) is 17.6 Å². The first-order chi connectivity index (χ1) is 17.1. The molecule has 0 unspecified atom stereocenters. The number of rotatable bonds is 6. The highest BCUT2D eigenvalue weighted by Gasteiger charge is 2.55. The van der Waals surface area contributed by atoms with E-state index in [1.807, 2.05) is 0 Å². The molecule has 2 aliphatic rings. The summed E-state index contributed by atoms with van der Waals surface area (Å²) < 4.78 is 65.8. The monoisotopic (exact) mass is 506 g/mol. The van der Waals surface area contributed by atoms with E-state index in [1.54, 1.807) is 0 Å². The molecule has 36 heavy (non-hydrogen) atoms. The van der Waals surface area contributed by atoms with Crippen molar-refractivity contribution >= 4 is 17.8 Å². The predicted molar refractivity (Wildman–Crippen MR) is 119 cm³/mol. The molecule has 190 valence electrons. The normalized spacial score (nSPS) is 22.3. The van der Waals surface area contributed by atoms with Gasteiger partial charge in [-0.2, -0.15) is 8.78 Å². The van der Waals surface area contributed by atoms with Gasteiger partial charge >= 0.3 is 5.97 Å². The number of primary amides is 1. The maximum Gasteiger partial charge on any atom is 0.311 e. The van der Waals surface area contributed by atoms with E-state index in [0.29, 0.717) is 0 Å². The molecule has 0 spiro atoms. The lowest BCUT2D eigenvalue weighted by Crippen LogP contribution is -2.48. The van der Waals surface area contributed by atoms with Crippen LogP contribution >= 0.6 is 0 Å². The number of hydrogen-bond donors (Lipinski definition) is 2. The van der Waals surface area contributed by atoms with Gasteiger partial charge in [-0.15, -0.1) is 0 Å². The van der Waals surface area contributed by atoms with E-state index in [4.69, 9.17) is 15.2 Å². The second kappa shape index (κ2) is 9.63. The Kier molecular flexibility index (Phi) is 6.75. The third-order valence-corrected chi connectivity index (χ3v) is 6.91. The molecule has 0 radical (unpaired) electrons. The summed E-state index contributed by atoms with van der Waals surface area (Å²) >= 11 is 0. The van der Waals surface area contributed by atoms with Crippen LogP contribution in [0.5, 0.6) is 5.75 Å². The lowest BCUT2D eigenvalue weighted by molar-refractivity contribution is -0.147. The Morgan fingerprint density at radius 1 is 1.03 bits per heavy atom. The first kappa shape index (κ1) is 25.2. The average molecular weight is 506 g/mol. The molecule has 7 nitrogen and oxygen atoms in total. The molecule has 0 heterocycles. The molecule has 4 rings (SSSR count). The molecule has 2 bridgehead atoms. The number of nitrogens with one attached hydrogen (secondary N) is 1. The quantitative estimate of drug-likeness (QED) is 0.458. The summed E-state index contributed by atoms with van der Waals surface area (Å²) in [6, 6.07) is 4.30. The zero-order valence-electron chi connectivity index (χ0n) is 19.2. The zero-order chi connectivity index (χ0) is 26.3. The van der Waals surface area contributed by atoms with Crippen molar-refractivity contribution in [3.05, 3.63) is 64.7 Å². The van der Waals surface area contributed by atoms with Crippen molar-refractivity contribution in [2.24, 2.45) is 23.5 Å². The van der Waals surface area contributed by atoms with Gasteiger partial charge in [-0.1, -0.05) is 6.07 Å². The van der Waals surface area contributed by atoms with Crippen LogP contribution in [0, 0.1) is 29.4 Å². The molecular formula is C25H22F4N2O5. The molecule has 2 aliphatic carbocycles. The molecule has 4 atom stereocenters. The molecule has 2 saturated carbocycles. The summed E-state index contributed by atoms with van der Waals surface area (Å²) in [5, 5.41) is 2.64. The zero-order valence-corrected chi connectivity index (χ0v) is 19.2. The van der Waals surface area contributed by atoms with Crippen LogP contribution in [-0.4, -0.2) is 38.0 Å². The molecule has 2 amide bonds. The minimum Gasteiger partial charge on any atom is -0.496 e. The van der Waals surface area contributed by atoms with Crippen molar-refractivity contribution in [3.63, 3.8) is 0 Å². The first-order valence-corrected chi connectivity index (χ1v) is 11.0. The van der Waals surface area contributed by atoms with E-state index in [1.165, 1.54) is 20.3 Å². The van der Waals surface area contributed by atoms with Crippen molar-refractivity contribution in [3.8, 4) is 16.9 Å². The number of halogens is 4. The largest absolute Gasteiger partial charge is 0.496 e. The van der Waals surface area contributed by atoms with Crippen molar-refractivity contribution in [1.82, 2.24) is 5.32 Å². The Morgan fingerprint density at radius 2 is 1.75 bits per heavy atom. The highest BCUT2D eigenvalue weighted by atomic mass is 19.3. The van der Waals surface area contributed by atoms with Gasteiger partial charge in [-0.05, 0) is 42.5 Å². The molecule has 0 aliphatic heterocycles. The topological polar surface area (TPSA) is 108 Å². The Morgan fingerprint density at radius 3 is 2.36 bits per heavy atom. The Hall–Kier alpha value is -3.89. The van der Waals surface area contributed by atoms with E-state index < -0.39 is 64.9 Å². The van der Waals surface area contributed by atoms with Gasteiger partial charge in [0.1, 0.15) is 17.4 Å². The van der Waals surface area contributed by atoms with Crippen molar-refractivity contribution < 1.29 is 41.4 Å². The number of benzene rings is 2. The minimum absolute atomic E-state index is 0.0376. The third-order valence-electron chi connectivity index (χ3n) is 6.91. The number of methoxy groups -OCH3 is 2. The summed E-state index contributed by atoms with van der Waals surface area (Å²) in [4.78, 5) is 37.2. The second-order valence-corrected chi connectivity index (χ2v) is 8.73. The third kappa shape index (κ3) is 4.29. The van der Waals surface area contributed by atoms with Crippen molar-refractivity contribution in [2.45, 2.75) is 18.9 Å². The van der Waals surface area contributed by atoms with E-state index in [-0.39, 0.29) is 40.9 Å². The number of fused-ring (bicyclic) bond motifs is 2. The fraction of sp³-hybridized carbons (Fsp3) is 0.320. The van der Waals surface area contributed by atoms with E-state index >= 15 is 0 Å². The van der Waals surface area contributed by atoms with E-state index in [2.05, 4.69) is 5.32 Å². The maximum absolute atomic E-state index is 14.9. The van der Waals surface area contributed by atoms with Gasteiger partial charge in [-0.25, -0.2) is 8.78 Å². The number of esters is 1. The number of nitrogens with two attached hydrogens (primary N) is 1. The Bertz CT molecular complexity index is 1290. The summed E-state index contributed by atoms with van der Waals surface area (Å²) in [6.45, 7) is 0. The molecular weight excluding hydrogens is 484 g/mol. The van der Waals surface area contributed by atoms with Gasteiger partial charge in [0.15, 0.2) is 0 Å². The summed E-state index contributed by atoms with van der Waals surface area (Å²) in [5.74, 6) is -6.36. The number of amides is 2. The van der Waals surface area contributed by atoms with Gasteiger partial charge in [0, 0.05) is 29.2 Å². The molecule has 11 heteroatoms. The summed E-state index contributed by atoms with van der Waals surface area (Å²) in [7, 11) is 2.39.